The van der Waals surface area contributed by atoms with E-state index in [-0.39, 0.29) is 30.2 Å². The molecule has 0 radical (unpaired) electrons. The molecule has 5 rings (SSSR count). The molecule has 1 atom stereocenters. The van der Waals surface area contributed by atoms with Gasteiger partial charge in [0.2, 0.25) is 5.43 Å². The first-order valence-electron chi connectivity index (χ1n) is 12.7. The third-order valence-corrected chi connectivity index (χ3v) is 7.88. The second-order valence-corrected chi connectivity index (χ2v) is 11.2. The Hall–Kier alpha value is -2.56. The molecule has 1 aromatic heterocycles. The van der Waals surface area contributed by atoms with Crippen molar-refractivity contribution in [3.05, 3.63) is 74.5 Å². The quantitative estimate of drug-likeness (QED) is 0.365. The van der Waals surface area contributed by atoms with Crippen molar-refractivity contribution in [2.45, 2.75) is 25.7 Å². The number of hydrogen-bond acceptors (Lipinski definition) is 8. The van der Waals surface area contributed by atoms with Crippen LogP contribution in [0, 0.1) is 0 Å². The summed E-state index contributed by atoms with van der Waals surface area (Å²) in [6.07, 6.45) is 1.24. The van der Waals surface area contributed by atoms with Crippen molar-refractivity contribution >= 4 is 37.0 Å². The van der Waals surface area contributed by atoms with E-state index in [0.717, 1.165) is 24.2 Å². The molecule has 1 amide bonds. The van der Waals surface area contributed by atoms with Gasteiger partial charge in [-0.2, -0.15) is 0 Å². The molecule has 3 heterocycles. The number of nitrogens with one attached hydrogen (secondary N) is 1. The average Bonchev–Trinajstić information content (AvgIpc) is 2.95. The number of amides is 1. The molecule has 0 saturated carbocycles. The van der Waals surface area contributed by atoms with E-state index in [9.17, 15) is 9.59 Å². The largest absolute Gasteiger partial charge is 0.484 e. The maximum Gasteiger partial charge on any atom is 0.332 e. The van der Waals surface area contributed by atoms with Crippen molar-refractivity contribution in [1.29, 1.82) is 0 Å². The molecule has 10 nitrogen and oxygen atoms in total. The van der Waals surface area contributed by atoms with Gasteiger partial charge in [0.15, 0.2) is 0 Å². The number of carbonyl (C=O) groups is 1. The Kier molecular flexibility index (Phi) is 9.14. The van der Waals surface area contributed by atoms with Crippen LogP contribution in [0.5, 0.6) is 5.75 Å². The molecule has 1 unspecified atom stereocenters. The number of nitrogens with zero attached hydrogens (tertiary/aromatic N) is 2. The highest BCUT2D eigenvalue weighted by atomic mass is 35.5. The Labute approximate surface area is 232 Å². The van der Waals surface area contributed by atoms with Gasteiger partial charge in [-0.3, -0.25) is 14.5 Å². The van der Waals surface area contributed by atoms with Crippen LogP contribution in [-0.4, -0.2) is 68.6 Å². The summed E-state index contributed by atoms with van der Waals surface area (Å²) >= 11 is 5.97. The van der Waals surface area contributed by atoms with E-state index in [4.69, 9.17) is 34.6 Å². The minimum atomic E-state index is -1.49. The van der Waals surface area contributed by atoms with Gasteiger partial charge >= 0.3 is 8.60 Å². The predicted molar refractivity (Wildman–Crippen MR) is 148 cm³/mol. The molecule has 1 N–H and O–H groups in total. The van der Waals surface area contributed by atoms with Gasteiger partial charge in [-0.05, 0) is 35.4 Å². The smallest absolute Gasteiger partial charge is 0.332 e. The highest BCUT2D eigenvalue weighted by Crippen LogP contribution is 2.38. The summed E-state index contributed by atoms with van der Waals surface area (Å²) < 4.78 is 29.8. The number of ether oxygens (including phenoxy) is 2. The number of rotatable bonds is 10. The first-order chi connectivity index (χ1) is 18.9. The van der Waals surface area contributed by atoms with E-state index in [0.29, 0.717) is 48.0 Å². The Bertz CT molecular complexity index is 1370. The SMILES string of the molecule is COP(OC)OCC1Cn2cc(C(=O)NCc3ccc(Cl)cc3)c(=O)c3cc(CN4CCOCC4)cc(c32)O1. The number of halogens is 1. The molecule has 0 bridgehead atoms. The molecule has 12 heteroatoms. The number of benzene rings is 2. The Morgan fingerprint density at radius 2 is 1.87 bits per heavy atom. The summed E-state index contributed by atoms with van der Waals surface area (Å²) in [6.45, 7) is 4.47. The monoisotopic (exact) mass is 575 g/mol. The highest BCUT2D eigenvalue weighted by molar-refractivity contribution is 7.41. The maximum atomic E-state index is 13.7. The van der Waals surface area contributed by atoms with E-state index in [2.05, 4.69) is 10.2 Å². The first kappa shape index (κ1) is 28.0. The standard InChI is InChI=1S/C27H31ClN3O7P/c1-34-39(35-2)37-17-21-15-31-16-23(27(33)29-13-18-3-5-20(28)6-4-18)26(32)22-11-19(12-24(38-21)25(22)31)14-30-7-9-36-10-8-30/h3-6,11-12,16,21H,7-10,13-15,17H2,1-2H3,(H,29,33). The lowest BCUT2D eigenvalue weighted by Crippen LogP contribution is -2.36. The van der Waals surface area contributed by atoms with Gasteiger partial charge in [0, 0.05) is 51.6 Å². The minimum absolute atomic E-state index is 0.0727. The van der Waals surface area contributed by atoms with Crippen LogP contribution in [0.3, 0.4) is 0 Å². The van der Waals surface area contributed by atoms with E-state index in [1.807, 2.05) is 28.8 Å². The number of hydrogen-bond donors (Lipinski definition) is 1. The van der Waals surface area contributed by atoms with Crippen LogP contribution in [0.25, 0.3) is 10.9 Å². The lowest BCUT2D eigenvalue weighted by Gasteiger charge is -2.30. The van der Waals surface area contributed by atoms with Gasteiger partial charge in [-0.1, -0.05) is 23.7 Å². The highest BCUT2D eigenvalue weighted by Gasteiger charge is 2.27. The molecule has 0 spiro atoms. The molecule has 2 aliphatic heterocycles. The molecule has 1 saturated heterocycles. The fourth-order valence-corrected chi connectivity index (χ4v) is 5.56. The number of morpholine rings is 1. The summed E-state index contributed by atoms with van der Waals surface area (Å²) in [4.78, 5) is 29.2. The number of aromatic nitrogens is 1. The second-order valence-electron chi connectivity index (χ2n) is 9.34. The van der Waals surface area contributed by atoms with Crippen LogP contribution in [0.4, 0.5) is 0 Å². The molecule has 208 valence electrons. The van der Waals surface area contributed by atoms with Gasteiger partial charge in [0.1, 0.15) is 17.4 Å². The van der Waals surface area contributed by atoms with E-state index < -0.39 is 14.5 Å². The van der Waals surface area contributed by atoms with E-state index in [1.54, 1.807) is 18.3 Å². The average molecular weight is 576 g/mol. The fraction of sp³-hybridized carbons (Fsp3) is 0.407. The summed E-state index contributed by atoms with van der Waals surface area (Å²) in [5, 5.41) is 3.93. The molecule has 2 aromatic carbocycles. The van der Waals surface area contributed by atoms with Gasteiger partial charge in [0.05, 0.1) is 37.3 Å². The normalized spacial score (nSPS) is 17.4. The maximum absolute atomic E-state index is 13.7. The molecular weight excluding hydrogens is 545 g/mol. The lowest BCUT2D eigenvalue weighted by atomic mass is 10.0. The van der Waals surface area contributed by atoms with Crippen molar-refractivity contribution < 1.29 is 27.8 Å². The van der Waals surface area contributed by atoms with Crippen molar-refractivity contribution in [2.75, 3.05) is 47.1 Å². The third kappa shape index (κ3) is 6.61. The predicted octanol–water partition coefficient (Wildman–Crippen LogP) is 3.71. The summed E-state index contributed by atoms with van der Waals surface area (Å²) in [6, 6.07) is 11.0. The van der Waals surface area contributed by atoms with Crippen LogP contribution in [0.2, 0.25) is 5.02 Å². The van der Waals surface area contributed by atoms with Crippen LogP contribution < -0.4 is 15.5 Å². The summed E-state index contributed by atoms with van der Waals surface area (Å²) in [5.74, 6) is 0.141. The molecule has 1 fully saturated rings. The van der Waals surface area contributed by atoms with E-state index >= 15 is 0 Å². The molecular formula is C27H31ClN3O7P. The lowest BCUT2D eigenvalue weighted by molar-refractivity contribution is 0.0341. The topological polar surface area (TPSA) is 100 Å². The van der Waals surface area contributed by atoms with Crippen molar-refractivity contribution in [2.24, 2.45) is 0 Å². The van der Waals surface area contributed by atoms with Crippen LogP contribution in [0.15, 0.2) is 47.4 Å². The van der Waals surface area contributed by atoms with Gasteiger partial charge in [-0.25, -0.2) is 0 Å². The van der Waals surface area contributed by atoms with Crippen molar-refractivity contribution in [1.82, 2.24) is 14.8 Å². The first-order valence-corrected chi connectivity index (χ1v) is 14.1. The molecule has 39 heavy (non-hydrogen) atoms. The van der Waals surface area contributed by atoms with E-state index in [1.165, 1.54) is 14.2 Å². The Morgan fingerprint density at radius 3 is 2.59 bits per heavy atom. The number of pyridine rings is 1. The van der Waals surface area contributed by atoms with Crippen molar-refractivity contribution in [3.8, 4) is 5.75 Å². The molecule has 2 aliphatic rings. The zero-order valence-electron chi connectivity index (χ0n) is 21.9. The van der Waals surface area contributed by atoms with Crippen LogP contribution >= 0.6 is 20.2 Å². The minimum Gasteiger partial charge on any atom is -0.484 e. The van der Waals surface area contributed by atoms with Crippen LogP contribution in [0.1, 0.15) is 21.5 Å². The number of carbonyl (C=O) groups excluding carboxylic acids is 1. The summed E-state index contributed by atoms with van der Waals surface area (Å²) in [5.41, 5.74) is 2.21. The Morgan fingerprint density at radius 1 is 1.13 bits per heavy atom. The third-order valence-electron chi connectivity index (χ3n) is 6.67. The summed E-state index contributed by atoms with van der Waals surface area (Å²) in [7, 11) is 1.54. The zero-order chi connectivity index (χ0) is 27.4. The van der Waals surface area contributed by atoms with Crippen LogP contribution in [-0.2, 0) is 37.9 Å². The van der Waals surface area contributed by atoms with Gasteiger partial charge < -0.3 is 32.9 Å². The molecule has 0 aliphatic carbocycles. The Balaban J connectivity index is 1.47. The van der Waals surface area contributed by atoms with Gasteiger partial charge in [-0.15, -0.1) is 0 Å². The zero-order valence-corrected chi connectivity index (χ0v) is 23.5. The fourth-order valence-electron chi connectivity index (χ4n) is 4.79. The van der Waals surface area contributed by atoms with Crippen molar-refractivity contribution in [3.63, 3.8) is 0 Å². The van der Waals surface area contributed by atoms with Gasteiger partial charge in [0.25, 0.3) is 5.91 Å². The molecule has 3 aromatic rings. The second kappa shape index (κ2) is 12.7.